The molecule has 0 fully saturated rings. The fourth-order valence-electron chi connectivity index (χ4n) is 3.28. The number of fused-ring (bicyclic) bond motifs is 1. The van der Waals surface area contributed by atoms with Crippen LogP contribution in [-0.2, 0) is 7.05 Å². The molecule has 2 aromatic carbocycles. The molecule has 4 aromatic rings. The Labute approximate surface area is 188 Å². The molecule has 2 heterocycles. The van der Waals surface area contributed by atoms with Crippen LogP contribution in [0.15, 0.2) is 75.5 Å². The van der Waals surface area contributed by atoms with Crippen LogP contribution >= 0.6 is 0 Å². The zero-order valence-electron chi connectivity index (χ0n) is 17.4. The van der Waals surface area contributed by atoms with Gasteiger partial charge in [0, 0.05) is 18.6 Å². The average Bonchev–Trinajstić information content (AvgIpc) is 2.78. The third-order valence-electron chi connectivity index (χ3n) is 4.82. The van der Waals surface area contributed by atoms with Crippen molar-refractivity contribution in [2.75, 3.05) is 5.32 Å². The maximum atomic E-state index is 13.2. The van der Waals surface area contributed by atoms with Crippen LogP contribution in [0.4, 0.5) is 24.7 Å². The number of nitrogens with one attached hydrogen (secondary N) is 1. The first-order chi connectivity index (χ1) is 16.2. The molecule has 0 unspecified atom stereocenters. The summed E-state index contributed by atoms with van der Waals surface area (Å²) in [6, 6.07) is 12.4. The number of pyridine rings is 1. The number of oxime groups is 1. The van der Waals surface area contributed by atoms with Crippen LogP contribution in [0.3, 0.4) is 0 Å². The molecule has 0 spiro atoms. The zero-order chi connectivity index (χ0) is 24.5. The minimum Gasteiger partial charge on any atom is -0.411 e. The van der Waals surface area contributed by atoms with Gasteiger partial charge in [0.15, 0.2) is 5.82 Å². The van der Waals surface area contributed by atoms with Crippen molar-refractivity contribution in [1.82, 2.24) is 14.3 Å². The van der Waals surface area contributed by atoms with Gasteiger partial charge in [0.25, 0.3) is 11.1 Å². The van der Waals surface area contributed by atoms with Crippen molar-refractivity contribution < 1.29 is 23.1 Å². The van der Waals surface area contributed by atoms with E-state index in [0.717, 1.165) is 23.0 Å². The summed E-state index contributed by atoms with van der Waals surface area (Å²) in [5, 5.41) is 19.6. The first-order valence-corrected chi connectivity index (χ1v) is 9.69. The van der Waals surface area contributed by atoms with Gasteiger partial charge in [-0.2, -0.15) is 4.68 Å². The van der Waals surface area contributed by atoms with Crippen LogP contribution in [0.25, 0.3) is 16.5 Å². The second kappa shape index (κ2) is 8.73. The standard InChI is InChI=1S/C22H16F3N5O4/c1-29-10-2-3-18(21(29)32)27-19-16-9-4-13(12-26-33)11-17(16)20(31)30(28-19)14-5-7-15(8-6-14)34-22(23,24)25/h2-12,33H,1H3,(H,27,28). The van der Waals surface area contributed by atoms with Gasteiger partial charge in [-0.15, -0.1) is 18.3 Å². The minimum absolute atomic E-state index is 0.154. The monoisotopic (exact) mass is 471 g/mol. The summed E-state index contributed by atoms with van der Waals surface area (Å²) in [6.07, 6.45) is -2.15. The summed E-state index contributed by atoms with van der Waals surface area (Å²) in [6.45, 7) is 0. The quantitative estimate of drug-likeness (QED) is 0.262. The fourth-order valence-corrected chi connectivity index (χ4v) is 3.28. The number of aryl methyl sites for hydroxylation is 1. The number of halogens is 3. The molecule has 4 rings (SSSR count). The van der Waals surface area contributed by atoms with Gasteiger partial charge in [0.05, 0.1) is 17.3 Å². The zero-order valence-corrected chi connectivity index (χ0v) is 17.4. The number of hydrogen-bond donors (Lipinski definition) is 2. The largest absolute Gasteiger partial charge is 0.573 e. The second-order valence-electron chi connectivity index (χ2n) is 7.12. The van der Waals surface area contributed by atoms with Crippen LogP contribution in [0.2, 0.25) is 0 Å². The van der Waals surface area contributed by atoms with E-state index in [1.54, 1.807) is 37.5 Å². The Morgan fingerprint density at radius 1 is 1.06 bits per heavy atom. The number of nitrogens with zero attached hydrogens (tertiary/aromatic N) is 4. The van der Waals surface area contributed by atoms with Crippen LogP contribution in [0.1, 0.15) is 5.56 Å². The van der Waals surface area contributed by atoms with Crippen molar-refractivity contribution in [2.24, 2.45) is 12.2 Å². The van der Waals surface area contributed by atoms with Gasteiger partial charge in [-0.3, -0.25) is 9.59 Å². The molecule has 2 aromatic heterocycles. The van der Waals surface area contributed by atoms with E-state index >= 15 is 0 Å². The first-order valence-electron chi connectivity index (χ1n) is 9.69. The van der Waals surface area contributed by atoms with Gasteiger partial charge in [0.1, 0.15) is 11.4 Å². The van der Waals surface area contributed by atoms with Gasteiger partial charge in [-0.05, 0) is 54.1 Å². The summed E-state index contributed by atoms with van der Waals surface area (Å²) in [4.78, 5) is 25.7. The van der Waals surface area contributed by atoms with Crippen LogP contribution in [0.5, 0.6) is 5.75 Å². The molecule has 0 bridgehead atoms. The number of rotatable bonds is 5. The molecule has 2 N–H and O–H groups in total. The molecule has 0 aliphatic carbocycles. The average molecular weight is 471 g/mol. The normalized spacial score (nSPS) is 11.8. The van der Waals surface area contributed by atoms with Crippen molar-refractivity contribution >= 4 is 28.5 Å². The summed E-state index contributed by atoms with van der Waals surface area (Å²) in [5.41, 5.74) is -0.155. The molecule has 0 aliphatic rings. The van der Waals surface area contributed by atoms with Crippen molar-refractivity contribution in [3.8, 4) is 11.4 Å². The molecule has 0 aliphatic heterocycles. The Morgan fingerprint density at radius 2 is 1.79 bits per heavy atom. The number of hydrogen-bond acceptors (Lipinski definition) is 7. The smallest absolute Gasteiger partial charge is 0.411 e. The van der Waals surface area contributed by atoms with E-state index < -0.39 is 17.7 Å². The fraction of sp³-hybridized carbons (Fsp3) is 0.0909. The van der Waals surface area contributed by atoms with E-state index in [0.29, 0.717) is 10.9 Å². The Kier molecular flexibility index (Phi) is 5.80. The van der Waals surface area contributed by atoms with E-state index in [1.807, 2.05) is 0 Å². The molecule has 174 valence electrons. The summed E-state index contributed by atoms with van der Waals surface area (Å²) < 4.78 is 43.6. The van der Waals surface area contributed by atoms with E-state index in [4.69, 9.17) is 5.21 Å². The molecule has 9 nitrogen and oxygen atoms in total. The van der Waals surface area contributed by atoms with E-state index in [1.165, 1.54) is 22.8 Å². The number of alkyl halides is 3. The molecule has 0 amide bonds. The van der Waals surface area contributed by atoms with Gasteiger partial charge < -0.3 is 19.8 Å². The molecular formula is C22H16F3N5O4. The lowest BCUT2D eigenvalue weighted by Crippen LogP contribution is -2.24. The molecular weight excluding hydrogens is 455 g/mol. The first kappa shape index (κ1) is 22.6. The minimum atomic E-state index is -4.86. The van der Waals surface area contributed by atoms with Gasteiger partial charge >= 0.3 is 6.36 Å². The van der Waals surface area contributed by atoms with Gasteiger partial charge in [0.2, 0.25) is 0 Å². The Hall–Kier alpha value is -4.61. The number of ether oxygens (including phenoxy) is 1. The molecule has 34 heavy (non-hydrogen) atoms. The Morgan fingerprint density at radius 3 is 2.47 bits per heavy atom. The highest BCUT2D eigenvalue weighted by atomic mass is 19.4. The molecule has 0 saturated carbocycles. The van der Waals surface area contributed by atoms with E-state index in [9.17, 15) is 22.8 Å². The highest BCUT2D eigenvalue weighted by Crippen LogP contribution is 2.25. The molecule has 0 radical (unpaired) electrons. The van der Waals surface area contributed by atoms with E-state index in [-0.39, 0.29) is 28.1 Å². The van der Waals surface area contributed by atoms with Crippen molar-refractivity contribution in [3.63, 3.8) is 0 Å². The van der Waals surface area contributed by atoms with Crippen LogP contribution in [0, 0.1) is 0 Å². The molecule has 12 heteroatoms. The van der Waals surface area contributed by atoms with Gasteiger partial charge in [-0.1, -0.05) is 11.2 Å². The lowest BCUT2D eigenvalue weighted by Gasteiger charge is -2.14. The van der Waals surface area contributed by atoms with E-state index in [2.05, 4.69) is 20.3 Å². The summed E-state index contributed by atoms with van der Waals surface area (Å²) >= 11 is 0. The second-order valence-corrected chi connectivity index (χ2v) is 7.12. The maximum Gasteiger partial charge on any atom is 0.573 e. The maximum absolute atomic E-state index is 13.2. The molecule has 0 saturated heterocycles. The Bertz CT molecular complexity index is 1510. The Balaban J connectivity index is 1.89. The van der Waals surface area contributed by atoms with Crippen molar-refractivity contribution in [2.45, 2.75) is 6.36 Å². The lowest BCUT2D eigenvalue weighted by molar-refractivity contribution is -0.274. The predicted molar refractivity (Wildman–Crippen MR) is 118 cm³/mol. The van der Waals surface area contributed by atoms with Crippen LogP contribution < -0.4 is 21.2 Å². The van der Waals surface area contributed by atoms with Crippen molar-refractivity contribution in [3.05, 3.63) is 87.1 Å². The third kappa shape index (κ3) is 4.60. The van der Waals surface area contributed by atoms with Crippen LogP contribution in [-0.4, -0.2) is 32.1 Å². The lowest BCUT2D eigenvalue weighted by atomic mass is 10.1. The highest BCUT2D eigenvalue weighted by Gasteiger charge is 2.31. The number of anilines is 2. The van der Waals surface area contributed by atoms with Gasteiger partial charge in [-0.25, -0.2) is 0 Å². The summed E-state index contributed by atoms with van der Waals surface area (Å²) in [7, 11) is 1.57. The highest BCUT2D eigenvalue weighted by molar-refractivity contribution is 5.96. The number of benzene rings is 2. The third-order valence-corrected chi connectivity index (χ3v) is 4.82. The predicted octanol–water partition coefficient (Wildman–Crippen LogP) is 3.53. The topological polar surface area (TPSA) is 111 Å². The molecule has 0 atom stereocenters. The SMILES string of the molecule is Cn1cccc(Nc2nn(-c3ccc(OC(F)(F)F)cc3)c(=O)c3cc(C=NO)ccc23)c1=O. The van der Waals surface area contributed by atoms with Crippen molar-refractivity contribution in [1.29, 1.82) is 0 Å². The number of aromatic nitrogens is 3. The summed E-state index contributed by atoms with van der Waals surface area (Å²) in [5.74, 6) is -0.307.